The van der Waals surface area contributed by atoms with Gasteiger partial charge in [0, 0.05) is 24.3 Å². The minimum absolute atomic E-state index is 0.149. The molecule has 3 aromatic rings. The van der Waals surface area contributed by atoms with Gasteiger partial charge in [-0.15, -0.1) is 0 Å². The van der Waals surface area contributed by atoms with Crippen LogP contribution in [0, 0.1) is 0 Å². The molecule has 0 aliphatic carbocycles. The molecule has 0 spiro atoms. The first kappa shape index (κ1) is 20.5. The molecular weight excluding hydrogens is 400 g/mol. The topological polar surface area (TPSA) is 75.7 Å². The number of rotatable bonds is 4. The molecule has 1 N–H and O–H groups in total. The lowest BCUT2D eigenvalue weighted by molar-refractivity contribution is -0.0440. The van der Waals surface area contributed by atoms with Crippen molar-refractivity contribution in [3.05, 3.63) is 72.3 Å². The van der Waals surface area contributed by atoms with Crippen molar-refractivity contribution in [2.75, 3.05) is 18.4 Å². The van der Waals surface area contributed by atoms with Crippen molar-refractivity contribution in [1.82, 2.24) is 4.31 Å². The third kappa shape index (κ3) is 4.23. The summed E-state index contributed by atoms with van der Waals surface area (Å²) < 4.78 is 33.0. The number of carbonyl (C=O) groups is 1. The van der Waals surface area contributed by atoms with Gasteiger partial charge in [0.2, 0.25) is 10.0 Å². The van der Waals surface area contributed by atoms with Crippen LogP contribution in [0.25, 0.3) is 10.8 Å². The molecule has 6 nitrogen and oxygen atoms in total. The Kier molecular flexibility index (Phi) is 5.60. The van der Waals surface area contributed by atoms with E-state index in [9.17, 15) is 13.2 Å². The fraction of sp³-hybridized carbons (Fsp3) is 0.261. The highest BCUT2D eigenvalue weighted by molar-refractivity contribution is 7.89. The van der Waals surface area contributed by atoms with Gasteiger partial charge in [0.1, 0.15) is 0 Å². The minimum atomic E-state index is -3.61. The van der Waals surface area contributed by atoms with Crippen LogP contribution >= 0.6 is 0 Å². The summed E-state index contributed by atoms with van der Waals surface area (Å²) in [7, 11) is -3.61. The molecule has 2 atom stereocenters. The number of benzene rings is 3. The molecule has 1 amide bonds. The zero-order valence-corrected chi connectivity index (χ0v) is 17.7. The van der Waals surface area contributed by atoms with Crippen LogP contribution in [0.4, 0.5) is 5.69 Å². The maximum absolute atomic E-state index is 12.9. The molecule has 7 heteroatoms. The van der Waals surface area contributed by atoms with E-state index in [1.165, 1.54) is 16.4 Å². The summed E-state index contributed by atoms with van der Waals surface area (Å²) in [5, 5.41) is 4.88. The molecular formula is C23H24N2O4S. The first-order chi connectivity index (χ1) is 14.3. The third-order valence-electron chi connectivity index (χ3n) is 5.15. The Balaban J connectivity index is 1.49. The zero-order chi connectivity index (χ0) is 21.3. The number of hydrogen-bond acceptors (Lipinski definition) is 4. The smallest absolute Gasteiger partial charge is 0.255 e. The van der Waals surface area contributed by atoms with Gasteiger partial charge in [0.05, 0.1) is 17.1 Å². The summed E-state index contributed by atoms with van der Waals surface area (Å²) in [6, 6.07) is 19.6. The number of ether oxygens (including phenoxy) is 1. The second-order valence-corrected chi connectivity index (χ2v) is 9.56. The quantitative estimate of drug-likeness (QED) is 0.689. The van der Waals surface area contributed by atoms with Crippen LogP contribution in [0.5, 0.6) is 0 Å². The minimum Gasteiger partial charge on any atom is -0.373 e. The van der Waals surface area contributed by atoms with E-state index in [4.69, 9.17) is 4.74 Å². The Hall–Kier alpha value is -2.74. The molecule has 1 saturated heterocycles. The van der Waals surface area contributed by atoms with Crippen LogP contribution in [-0.4, -0.2) is 43.9 Å². The van der Waals surface area contributed by atoms with Gasteiger partial charge in [0.15, 0.2) is 0 Å². The van der Waals surface area contributed by atoms with Gasteiger partial charge in [-0.2, -0.15) is 4.31 Å². The van der Waals surface area contributed by atoms with E-state index in [-0.39, 0.29) is 23.0 Å². The fourth-order valence-corrected chi connectivity index (χ4v) is 5.31. The Bertz CT molecular complexity index is 1170. The van der Waals surface area contributed by atoms with Crippen molar-refractivity contribution in [2.45, 2.75) is 31.0 Å². The predicted octanol–water partition coefficient (Wildman–Crippen LogP) is 3.89. The summed E-state index contributed by atoms with van der Waals surface area (Å²) in [6.45, 7) is 4.38. The fourth-order valence-electron chi connectivity index (χ4n) is 3.72. The highest BCUT2D eigenvalue weighted by atomic mass is 32.2. The largest absolute Gasteiger partial charge is 0.373 e. The molecule has 156 valence electrons. The van der Waals surface area contributed by atoms with Crippen LogP contribution in [0.15, 0.2) is 71.6 Å². The number of carbonyl (C=O) groups excluding carboxylic acids is 1. The van der Waals surface area contributed by atoms with E-state index in [2.05, 4.69) is 5.32 Å². The van der Waals surface area contributed by atoms with Gasteiger partial charge < -0.3 is 10.1 Å². The first-order valence-corrected chi connectivity index (χ1v) is 11.3. The Labute approximate surface area is 176 Å². The van der Waals surface area contributed by atoms with Crippen molar-refractivity contribution in [1.29, 1.82) is 0 Å². The van der Waals surface area contributed by atoms with Crippen molar-refractivity contribution < 1.29 is 17.9 Å². The summed E-state index contributed by atoms with van der Waals surface area (Å²) >= 11 is 0. The van der Waals surface area contributed by atoms with Gasteiger partial charge in [0.25, 0.3) is 5.91 Å². The normalized spacial score (nSPS) is 20.2. The summed E-state index contributed by atoms with van der Waals surface area (Å²) in [4.78, 5) is 12.8. The third-order valence-corrected chi connectivity index (χ3v) is 6.99. The van der Waals surface area contributed by atoms with Crippen LogP contribution in [0.2, 0.25) is 0 Å². The molecule has 1 heterocycles. The van der Waals surface area contributed by atoms with Crippen molar-refractivity contribution >= 4 is 32.4 Å². The molecule has 1 aliphatic rings. The lowest BCUT2D eigenvalue weighted by atomic mass is 10.1. The Morgan fingerprint density at radius 3 is 2.23 bits per heavy atom. The maximum atomic E-state index is 12.9. The monoisotopic (exact) mass is 424 g/mol. The number of nitrogens with one attached hydrogen (secondary N) is 1. The first-order valence-electron chi connectivity index (χ1n) is 9.89. The van der Waals surface area contributed by atoms with Crippen molar-refractivity contribution in [3.8, 4) is 0 Å². The number of nitrogens with zero attached hydrogens (tertiary/aromatic N) is 1. The highest BCUT2D eigenvalue weighted by Crippen LogP contribution is 2.23. The van der Waals surface area contributed by atoms with Gasteiger partial charge in [-0.3, -0.25) is 4.79 Å². The molecule has 4 rings (SSSR count). The number of sulfonamides is 1. The van der Waals surface area contributed by atoms with Gasteiger partial charge >= 0.3 is 0 Å². The molecule has 0 saturated carbocycles. The van der Waals surface area contributed by atoms with Gasteiger partial charge in [-0.05, 0) is 61.0 Å². The van der Waals surface area contributed by atoms with E-state index < -0.39 is 10.0 Å². The number of amides is 1. The van der Waals surface area contributed by atoms with E-state index in [1.54, 1.807) is 18.2 Å². The lowest BCUT2D eigenvalue weighted by Crippen LogP contribution is -2.48. The summed E-state index contributed by atoms with van der Waals surface area (Å²) in [5.74, 6) is -0.243. The second kappa shape index (κ2) is 8.18. The molecule has 30 heavy (non-hydrogen) atoms. The van der Waals surface area contributed by atoms with Crippen LogP contribution in [-0.2, 0) is 14.8 Å². The van der Waals surface area contributed by atoms with E-state index in [1.807, 2.05) is 50.2 Å². The van der Waals surface area contributed by atoms with Crippen LogP contribution in [0.1, 0.15) is 24.2 Å². The average molecular weight is 425 g/mol. The molecule has 2 unspecified atom stereocenters. The van der Waals surface area contributed by atoms with E-state index >= 15 is 0 Å². The molecule has 0 radical (unpaired) electrons. The second-order valence-electron chi connectivity index (χ2n) is 7.62. The van der Waals surface area contributed by atoms with Crippen LogP contribution < -0.4 is 5.32 Å². The summed E-state index contributed by atoms with van der Waals surface area (Å²) in [6.07, 6.45) is -0.298. The molecule has 1 fully saturated rings. The SMILES string of the molecule is CC1CN(S(=O)(=O)c2ccc(NC(=O)c3ccc4ccccc4c3)cc2)CC(C)O1. The Morgan fingerprint density at radius 1 is 0.933 bits per heavy atom. The number of anilines is 1. The lowest BCUT2D eigenvalue weighted by Gasteiger charge is -2.34. The highest BCUT2D eigenvalue weighted by Gasteiger charge is 2.32. The van der Waals surface area contributed by atoms with Gasteiger partial charge in [-0.1, -0.05) is 30.3 Å². The number of fused-ring (bicyclic) bond motifs is 1. The van der Waals surface area contributed by atoms with Crippen molar-refractivity contribution in [3.63, 3.8) is 0 Å². The predicted molar refractivity (Wildman–Crippen MR) is 117 cm³/mol. The maximum Gasteiger partial charge on any atom is 0.255 e. The van der Waals surface area contributed by atoms with Crippen molar-refractivity contribution in [2.24, 2.45) is 0 Å². The molecule has 3 aromatic carbocycles. The Morgan fingerprint density at radius 2 is 1.57 bits per heavy atom. The zero-order valence-electron chi connectivity index (χ0n) is 16.9. The van der Waals surface area contributed by atoms with Crippen LogP contribution in [0.3, 0.4) is 0 Å². The molecule has 1 aliphatic heterocycles. The number of morpholine rings is 1. The summed E-state index contributed by atoms with van der Waals surface area (Å²) in [5.41, 5.74) is 1.08. The van der Waals surface area contributed by atoms with E-state index in [0.717, 1.165) is 10.8 Å². The standard InChI is InChI=1S/C23H24N2O4S/c1-16-14-25(15-17(2)29-16)30(27,28)22-11-9-21(10-12-22)24-23(26)20-8-7-18-5-3-4-6-19(18)13-20/h3-13,16-17H,14-15H2,1-2H3,(H,24,26). The van der Waals surface area contributed by atoms with Gasteiger partial charge in [-0.25, -0.2) is 8.42 Å². The molecule has 0 bridgehead atoms. The number of hydrogen-bond donors (Lipinski definition) is 1. The van der Waals surface area contributed by atoms with E-state index in [0.29, 0.717) is 24.3 Å². The average Bonchev–Trinajstić information content (AvgIpc) is 2.73. The molecule has 0 aromatic heterocycles.